The molecule has 0 aliphatic rings. The van der Waals surface area contributed by atoms with E-state index in [0.29, 0.717) is 34.3 Å². The molecule has 174 valence electrons. The van der Waals surface area contributed by atoms with Crippen molar-refractivity contribution in [1.29, 1.82) is 0 Å². The topological polar surface area (TPSA) is 88.5 Å². The Balaban J connectivity index is 1.93. The number of amides is 1. The van der Waals surface area contributed by atoms with Gasteiger partial charge in [0.25, 0.3) is 11.5 Å². The number of anilines is 2. The van der Waals surface area contributed by atoms with Crippen molar-refractivity contribution in [2.45, 2.75) is 20.0 Å². The summed E-state index contributed by atoms with van der Waals surface area (Å²) in [5, 5.41) is 10.8. The molecule has 2 N–H and O–H groups in total. The van der Waals surface area contributed by atoms with Crippen LogP contribution in [0.4, 0.5) is 11.4 Å². The van der Waals surface area contributed by atoms with E-state index in [0.717, 1.165) is 6.54 Å². The molecule has 0 aliphatic carbocycles. The fraction of sp³-hybridized carbons (Fsp3) is 0.292. The molecule has 33 heavy (non-hydrogen) atoms. The van der Waals surface area contributed by atoms with Crippen LogP contribution in [-0.2, 0) is 0 Å². The zero-order valence-electron chi connectivity index (χ0n) is 19.1. The van der Waals surface area contributed by atoms with Gasteiger partial charge in [0, 0.05) is 29.4 Å². The molecule has 0 bridgehead atoms. The van der Waals surface area contributed by atoms with Gasteiger partial charge in [0.15, 0.2) is 11.4 Å². The van der Waals surface area contributed by atoms with Crippen LogP contribution in [0.15, 0.2) is 59.5 Å². The maximum atomic E-state index is 13.3. The Labute approximate surface area is 198 Å². The molecule has 0 saturated carbocycles. The first kappa shape index (κ1) is 24.3. The maximum Gasteiger partial charge on any atom is 0.299 e. The van der Waals surface area contributed by atoms with Gasteiger partial charge in [-0.2, -0.15) is 9.78 Å². The summed E-state index contributed by atoms with van der Waals surface area (Å²) in [5.74, 6) is 0.133. The minimum atomic E-state index is -0.392. The summed E-state index contributed by atoms with van der Waals surface area (Å²) in [4.78, 5) is 27.8. The lowest BCUT2D eigenvalue weighted by atomic mass is 10.2. The SMILES string of the molecule is CC(C)Oc1cnn(-c2ccc(Cl)cc2)c(=O)c1Nc1cccc(C(=O)NCCN(C)C)c1. The summed E-state index contributed by atoms with van der Waals surface area (Å²) in [6.07, 6.45) is 1.34. The van der Waals surface area contributed by atoms with Crippen molar-refractivity contribution < 1.29 is 9.53 Å². The fourth-order valence-electron chi connectivity index (χ4n) is 3.04. The van der Waals surface area contributed by atoms with Crippen LogP contribution in [-0.4, -0.2) is 53.9 Å². The van der Waals surface area contributed by atoms with E-state index in [1.54, 1.807) is 48.5 Å². The fourth-order valence-corrected chi connectivity index (χ4v) is 3.17. The monoisotopic (exact) mass is 469 g/mol. The second-order valence-electron chi connectivity index (χ2n) is 8.01. The first-order chi connectivity index (χ1) is 15.7. The van der Waals surface area contributed by atoms with Gasteiger partial charge in [-0.1, -0.05) is 17.7 Å². The number of nitrogens with zero attached hydrogens (tertiary/aromatic N) is 3. The number of carbonyl (C=O) groups excluding carboxylic acids is 1. The number of benzene rings is 2. The van der Waals surface area contributed by atoms with Gasteiger partial charge in [0.05, 0.1) is 18.0 Å². The van der Waals surface area contributed by atoms with E-state index >= 15 is 0 Å². The van der Waals surface area contributed by atoms with Gasteiger partial charge in [-0.05, 0) is 70.4 Å². The molecule has 2 aromatic carbocycles. The predicted octanol–water partition coefficient (Wildman–Crippen LogP) is 3.71. The number of carbonyl (C=O) groups is 1. The molecular weight excluding hydrogens is 442 g/mol. The summed E-state index contributed by atoms with van der Waals surface area (Å²) in [7, 11) is 3.89. The second kappa shape index (κ2) is 11.0. The average Bonchev–Trinajstić information content (AvgIpc) is 2.77. The molecule has 3 aromatic rings. The van der Waals surface area contributed by atoms with Crippen LogP contribution in [0.5, 0.6) is 5.75 Å². The standard InChI is InChI=1S/C24H28ClN5O3/c1-16(2)33-21-15-27-30(20-10-8-18(25)9-11-20)24(32)22(21)28-19-7-5-6-17(14-19)23(31)26-12-13-29(3)4/h5-11,14-16,28H,12-13H2,1-4H3,(H,26,31). The van der Waals surface area contributed by atoms with Gasteiger partial charge >= 0.3 is 0 Å². The predicted molar refractivity (Wildman–Crippen MR) is 131 cm³/mol. The molecule has 8 nitrogen and oxygen atoms in total. The Hall–Kier alpha value is -3.36. The summed E-state index contributed by atoms with van der Waals surface area (Å²) in [5.41, 5.74) is 1.46. The summed E-state index contributed by atoms with van der Waals surface area (Å²) in [6.45, 7) is 5.01. The van der Waals surface area contributed by atoms with Crippen LogP contribution in [0.3, 0.4) is 0 Å². The molecule has 0 unspecified atom stereocenters. The van der Waals surface area contributed by atoms with E-state index in [9.17, 15) is 9.59 Å². The number of likely N-dealkylation sites (N-methyl/N-ethyl adjacent to an activating group) is 1. The van der Waals surface area contributed by atoms with E-state index in [-0.39, 0.29) is 17.7 Å². The number of hydrogen-bond donors (Lipinski definition) is 2. The van der Waals surface area contributed by atoms with E-state index in [1.165, 1.54) is 10.9 Å². The summed E-state index contributed by atoms with van der Waals surface area (Å²) in [6, 6.07) is 13.7. The van der Waals surface area contributed by atoms with Gasteiger partial charge < -0.3 is 20.3 Å². The first-order valence-corrected chi connectivity index (χ1v) is 11.0. The van der Waals surface area contributed by atoms with Crippen molar-refractivity contribution in [3.63, 3.8) is 0 Å². The van der Waals surface area contributed by atoms with Crippen LogP contribution >= 0.6 is 11.6 Å². The van der Waals surface area contributed by atoms with Gasteiger partial charge in [0.1, 0.15) is 0 Å². The van der Waals surface area contributed by atoms with Gasteiger partial charge in [-0.3, -0.25) is 9.59 Å². The van der Waals surface area contributed by atoms with E-state index < -0.39 is 5.56 Å². The Bertz CT molecular complexity index is 1160. The maximum absolute atomic E-state index is 13.3. The van der Waals surface area contributed by atoms with E-state index in [1.807, 2.05) is 32.8 Å². The molecule has 0 fully saturated rings. The average molecular weight is 470 g/mol. The molecule has 0 radical (unpaired) electrons. The van der Waals surface area contributed by atoms with Crippen molar-refractivity contribution in [2.75, 3.05) is 32.5 Å². The van der Waals surface area contributed by atoms with Crippen LogP contribution in [0.1, 0.15) is 24.2 Å². The summed E-state index contributed by atoms with van der Waals surface area (Å²) >= 11 is 5.97. The van der Waals surface area contributed by atoms with E-state index in [4.69, 9.17) is 16.3 Å². The number of aromatic nitrogens is 2. The van der Waals surface area contributed by atoms with Gasteiger partial charge in [0.2, 0.25) is 0 Å². The highest BCUT2D eigenvalue weighted by Crippen LogP contribution is 2.25. The molecule has 1 heterocycles. The molecule has 0 spiro atoms. The Morgan fingerprint density at radius 2 is 1.91 bits per heavy atom. The number of hydrogen-bond acceptors (Lipinski definition) is 6. The van der Waals surface area contributed by atoms with Crippen molar-refractivity contribution in [2.24, 2.45) is 0 Å². The zero-order chi connectivity index (χ0) is 24.0. The molecular formula is C24H28ClN5O3. The molecule has 3 rings (SSSR count). The van der Waals surface area contributed by atoms with Crippen molar-refractivity contribution in [1.82, 2.24) is 20.0 Å². The summed E-state index contributed by atoms with van der Waals surface area (Å²) < 4.78 is 7.09. The van der Waals surface area contributed by atoms with Gasteiger partial charge in [-0.15, -0.1) is 0 Å². The van der Waals surface area contributed by atoms with Crippen LogP contribution in [0, 0.1) is 0 Å². The van der Waals surface area contributed by atoms with Crippen molar-refractivity contribution >= 4 is 28.9 Å². The minimum Gasteiger partial charge on any atom is -0.487 e. The highest BCUT2D eigenvalue weighted by atomic mass is 35.5. The van der Waals surface area contributed by atoms with E-state index in [2.05, 4.69) is 15.7 Å². The molecule has 0 aliphatic heterocycles. The second-order valence-corrected chi connectivity index (χ2v) is 8.45. The van der Waals surface area contributed by atoms with Crippen molar-refractivity contribution in [3.05, 3.63) is 75.7 Å². The lowest BCUT2D eigenvalue weighted by Crippen LogP contribution is -2.31. The third-order valence-corrected chi connectivity index (χ3v) is 4.87. The Kier molecular flexibility index (Phi) is 8.08. The Morgan fingerprint density at radius 1 is 1.18 bits per heavy atom. The van der Waals surface area contributed by atoms with Crippen molar-refractivity contribution in [3.8, 4) is 11.4 Å². The third kappa shape index (κ3) is 6.57. The number of nitrogens with one attached hydrogen (secondary N) is 2. The van der Waals surface area contributed by atoms with Crippen LogP contribution in [0.25, 0.3) is 5.69 Å². The van der Waals surface area contributed by atoms with Gasteiger partial charge in [-0.25, -0.2) is 0 Å². The minimum absolute atomic E-state index is 0.160. The Morgan fingerprint density at radius 3 is 2.58 bits per heavy atom. The number of ether oxygens (including phenoxy) is 1. The molecule has 0 atom stereocenters. The largest absolute Gasteiger partial charge is 0.487 e. The number of rotatable bonds is 9. The molecule has 9 heteroatoms. The highest BCUT2D eigenvalue weighted by Gasteiger charge is 2.16. The molecule has 0 saturated heterocycles. The number of halogens is 1. The smallest absolute Gasteiger partial charge is 0.299 e. The third-order valence-electron chi connectivity index (χ3n) is 4.62. The highest BCUT2D eigenvalue weighted by molar-refractivity contribution is 6.30. The normalized spacial score (nSPS) is 11.0. The zero-order valence-corrected chi connectivity index (χ0v) is 19.9. The lowest BCUT2D eigenvalue weighted by Gasteiger charge is -2.17. The molecule has 1 amide bonds. The van der Waals surface area contributed by atoms with Crippen LogP contribution < -0.4 is 20.9 Å². The lowest BCUT2D eigenvalue weighted by molar-refractivity contribution is 0.0951. The molecule has 1 aromatic heterocycles. The van der Waals surface area contributed by atoms with Crippen LogP contribution in [0.2, 0.25) is 5.02 Å². The first-order valence-electron chi connectivity index (χ1n) is 10.6. The quantitative estimate of drug-likeness (QED) is 0.496.